The molecule has 3 fully saturated rings. The normalized spacial score (nSPS) is 39.7. The van der Waals surface area contributed by atoms with Gasteiger partial charge in [-0.15, -0.1) is 0 Å². The minimum Gasteiger partial charge on any atom is -0.481 e. The molecule has 2 amide bonds. The average molecular weight is 453 g/mol. The van der Waals surface area contributed by atoms with E-state index in [0.717, 1.165) is 11.3 Å². The molecule has 9 heteroatoms. The Bertz CT molecular complexity index is 564. The zero-order chi connectivity index (χ0) is 17.0. The maximum Gasteiger partial charge on any atom is 0.326 e. The van der Waals surface area contributed by atoms with Crippen molar-refractivity contribution in [2.24, 2.45) is 23.7 Å². The molecule has 7 atom stereocenters. The number of carbonyl (C=O) groups excluding carboxylic acids is 2. The number of nitrogens with zero attached hydrogens (tertiary/aromatic N) is 1. The van der Waals surface area contributed by atoms with Crippen molar-refractivity contribution >= 4 is 55.6 Å². The third kappa shape index (κ3) is 2.43. The molecule has 23 heavy (non-hydrogen) atoms. The Kier molecular flexibility index (Phi) is 4.29. The number of alkyl halides is 2. The first-order valence-corrected chi connectivity index (χ1v) is 9.18. The first-order chi connectivity index (χ1) is 10.8. The summed E-state index contributed by atoms with van der Waals surface area (Å²) in [6.45, 7) is 0. The summed E-state index contributed by atoms with van der Waals surface area (Å²) >= 11 is 7.11. The van der Waals surface area contributed by atoms with Crippen LogP contribution in [0.25, 0.3) is 0 Å². The highest BCUT2D eigenvalue weighted by atomic mass is 79.9. The van der Waals surface area contributed by atoms with Crippen molar-refractivity contribution in [3.05, 3.63) is 0 Å². The molecule has 0 aromatic rings. The minimum absolute atomic E-state index is 0.00439. The van der Waals surface area contributed by atoms with Crippen LogP contribution in [0.1, 0.15) is 19.3 Å². The third-order valence-corrected chi connectivity index (χ3v) is 8.46. The predicted octanol–water partition coefficient (Wildman–Crippen LogP) is 1.08. The first-order valence-electron chi connectivity index (χ1n) is 7.35. The van der Waals surface area contributed by atoms with Crippen molar-refractivity contribution in [3.63, 3.8) is 0 Å². The molecule has 2 saturated carbocycles. The van der Waals surface area contributed by atoms with Gasteiger partial charge in [0.15, 0.2) is 0 Å². The fourth-order valence-electron chi connectivity index (χ4n) is 4.30. The number of likely N-dealkylation sites (tertiary alicyclic amines) is 1. The van der Waals surface area contributed by atoms with Crippen LogP contribution in [0.4, 0.5) is 0 Å². The fraction of sp³-hybridized carbons (Fsp3) is 0.714. The number of halogens is 2. The van der Waals surface area contributed by atoms with E-state index in [9.17, 15) is 24.3 Å². The second kappa shape index (κ2) is 5.84. The number of amides is 2. The van der Waals surface area contributed by atoms with Gasteiger partial charge in [-0.2, -0.15) is 0 Å². The number of carboxylic acid groups (broad SMARTS) is 2. The number of aliphatic carboxylic acids is 2. The number of hydrogen-bond donors (Lipinski definition) is 2. The topological polar surface area (TPSA) is 112 Å². The van der Waals surface area contributed by atoms with Gasteiger partial charge in [-0.05, 0) is 24.7 Å². The minimum atomic E-state index is -1.40. The molecule has 2 bridgehead atoms. The van der Waals surface area contributed by atoms with Crippen molar-refractivity contribution in [2.45, 2.75) is 35.0 Å². The summed E-state index contributed by atoms with van der Waals surface area (Å²) in [6.07, 6.45) is 0.0874. The number of carboxylic acids is 2. The predicted molar refractivity (Wildman–Crippen MR) is 84.2 cm³/mol. The molecule has 0 unspecified atom stereocenters. The second-order valence-electron chi connectivity index (χ2n) is 6.34. The molecule has 1 aliphatic heterocycles. The van der Waals surface area contributed by atoms with Gasteiger partial charge in [-0.3, -0.25) is 19.3 Å². The number of imide groups is 1. The van der Waals surface area contributed by atoms with E-state index < -0.39 is 48.1 Å². The molecule has 0 aromatic carbocycles. The van der Waals surface area contributed by atoms with E-state index in [1.807, 2.05) is 0 Å². The molecule has 1 heterocycles. The zero-order valence-electron chi connectivity index (χ0n) is 11.9. The summed E-state index contributed by atoms with van der Waals surface area (Å²) in [5.74, 6) is -4.39. The lowest BCUT2D eigenvalue weighted by atomic mass is 9.81. The highest BCUT2D eigenvalue weighted by Gasteiger charge is 2.67. The Hall–Kier alpha value is -0.960. The first kappa shape index (κ1) is 16.9. The van der Waals surface area contributed by atoms with E-state index in [-0.39, 0.29) is 27.9 Å². The van der Waals surface area contributed by atoms with Gasteiger partial charge in [0.25, 0.3) is 0 Å². The van der Waals surface area contributed by atoms with Gasteiger partial charge in [0.1, 0.15) is 6.04 Å². The van der Waals surface area contributed by atoms with Crippen LogP contribution >= 0.6 is 31.9 Å². The van der Waals surface area contributed by atoms with Gasteiger partial charge in [0.2, 0.25) is 11.8 Å². The quantitative estimate of drug-likeness (QED) is 0.476. The summed E-state index contributed by atoms with van der Waals surface area (Å²) in [5, 5.41) is 18.1. The maximum absolute atomic E-state index is 12.7. The van der Waals surface area contributed by atoms with Crippen molar-refractivity contribution in [3.8, 4) is 0 Å². The molecule has 1 saturated heterocycles. The monoisotopic (exact) mass is 451 g/mol. The number of fused-ring (bicyclic) bond motifs is 5. The largest absolute Gasteiger partial charge is 0.481 e. The summed E-state index contributed by atoms with van der Waals surface area (Å²) in [6, 6.07) is -1.40. The van der Waals surface area contributed by atoms with Crippen molar-refractivity contribution in [1.82, 2.24) is 4.90 Å². The van der Waals surface area contributed by atoms with E-state index in [0.29, 0.717) is 0 Å². The van der Waals surface area contributed by atoms with Crippen LogP contribution in [0.3, 0.4) is 0 Å². The van der Waals surface area contributed by atoms with Gasteiger partial charge in [-0.1, -0.05) is 31.9 Å². The van der Waals surface area contributed by atoms with E-state index in [2.05, 4.69) is 31.9 Å². The van der Waals surface area contributed by atoms with Crippen LogP contribution in [0.5, 0.6) is 0 Å². The average Bonchev–Trinajstić information content (AvgIpc) is 3.06. The van der Waals surface area contributed by atoms with E-state index in [1.54, 1.807) is 0 Å². The molecule has 2 aliphatic carbocycles. The van der Waals surface area contributed by atoms with Crippen LogP contribution in [0.15, 0.2) is 0 Å². The zero-order valence-corrected chi connectivity index (χ0v) is 15.1. The number of rotatable bonds is 5. The van der Waals surface area contributed by atoms with Crippen LogP contribution in [-0.2, 0) is 19.2 Å². The second-order valence-corrected chi connectivity index (χ2v) is 8.45. The molecular formula is C14H15Br2NO6. The van der Waals surface area contributed by atoms with Crippen molar-refractivity contribution < 1.29 is 29.4 Å². The van der Waals surface area contributed by atoms with Crippen molar-refractivity contribution in [2.75, 3.05) is 0 Å². The van der Waals surface area contributed by atoms with Gasteiger partial charge in [0.05, 0.1) is 11.8 Å². The molecule has 3 aliphatic rings. The molecule has 2 N–H and O–H groups in total. The lowest BCUT2D eigenvalue weighted by Gasteiger charge is -2.28. The molecular weight excluding hydrogens is 438 g/mol. The third-order valence-electron chi connectivity index (χ3n) is 5.25. The van der Waals surface area contributed by atoms with Gasteiger partial charge < -0.3 is 10.2 Å². The van der Waals surface area contributed by atoms with Crippen LogP contribution in [0.2, 0.25) is 0 Å². The standard InChI is InChI=1S/C14H15Br2NO6/c15-10-4-3-5(11(10)16)9-8(4)12(20)17(13(9)21)6(14(22)23)1-2-7(18)19/h4-6,8-11H,1-3H2,(H,18,19)(H,22,23)/t4-,5+,6-,8+,9+,10-,11+/m0/s1. The summed E-state index contributed by atoms with van der Waals surface area (Å²) < 4.78 is 0. The molecule has 0 radical (unpaired) electrons. The fourth-order valence-corrected chi connectivity index (χ4v) is 6.18. The summed E-state index contributed by atoms with van der Waals surface area (Å²) in [5.41, 5.74) is 0. The Morgan fingerprint density at radius 3 is 1.96 bits per heavy atom. The van der Waals surface area contributed by atoms with E-state index in [4.69, 9.17) is 5.11 Å². The Labute approximate surface area is 148 Å². The Morgan fingerprint density at radius 2 is 1.57 bits per heavy atom. The molecule has 3 rings (SSSR count). The van der Waals surface area contributed by atoms with Gasteiger partial charge >= 0.3 is 11.9 Å². The number of carbonyl (C=O) groups is 4. The van der Waals surface area contributed by atoms with Crippen molar-refractivity contribution in [1.29, 1.82) is 0 Å². The SMILES string of the molecule is O=C(O)CC[C@@H](C(=O)O)N1C(=O)[C@@H]2[C@@H]3C[C@@H]([C@@H](Br)[C@H]3Br)[C@H]2C1=O. The van der Waals surface area contributed by atoms with Crippen LogP contribution < -0.4 is 0 Å². The maximum atomic E-state index is 12.7. The highest BCUT2D eigenvalue weighted by molar-refractivity contribution is 9.12. The van der Waals surface area contributed by atoms with E-state index in [1.165, 1.54) is 0 Å². The number of hydrogen-bond acceptors (Lipinski definition) is 4. The lowest BCUT2D eigenvalue weighted by molar-refractivity contribution is -0.156. The van der Waals surface area contributed by atoms with Crippen LogP contribution in [0, 0.1) is 23.7 Å². The van der Waals surface area contributed by atoms with Crippen LogP contribution in [-0.4, -0.2) is 54.6 Å². The van der Waals surface area contributed by atoms with E-state index >= 15 is 0 Å². The summed E-state index contributed by atoms with van der Waals surface area (Å²) in [4.78, 5) is 48.5. The molecule has 0 spiro atoms. The molecule has 7 nitrogen and oxygen atoms in total. The Balaban J connectivity index is 1.87. The molecule has 126 valence electrons. The van der Waals surface area contributed by atoms with Gasteiger partial charge in [0, 0.05) is 16.1 Å². The lowest BCUT2D eigenvalue weighted by Crippen LogP contribution is -2.46. The molecule has 0 aromatic heterocycles. The Morgan fingerprint density at radius 1 is 1.09 bits per heavy atom. The van der Waals surface area contributed by atoms with Gasteiger partial charge in [-0.25, -0.2) is 4.79 Å². The highest BCUT2D eigenvalue weighted by Crippen LogP contribution is 2.60. The summed E-state index contributed by atoms with van der Waals surface area (Å²) in [7, 11) is 0. The smallest absolute Gasteiger partial charge is 0.326 e.